The summed E-state index contributed by atoms with van der Waals surface area (Å²) in [4.78, 5) is 2.33. The van der Waals surface area contributed by atoms with Gasteiger partial charge in [-0.05, 0) is 37.4 Å². The maximum atomic E-state index is 5.88. The molecule has 3 nitrogen and oxygen atoms in total. The highest BCUT2D eigenvalue weighted by Crippen LogP contribution is 2.30. The molecule has 0 saturated heterocycles. The number of rotatable bonds is 8. The third-order valence-corrected chi connectivity index (χ3v) is 3.38. The molecule has 0 unspecified atom stereocenters. The van der Waals surface area contributed by atoms with E-state index >= 15 is 0 Å². The first-order chi connectivity index (χ1) is 10.3. The third-order valence-electron chi connectivity index (χ3n) is 3.38. The minimum absolute atomic E-state index is 0.664. The van der Waals surface area contributed by atoms with Gasteiger partial charge in [-0.25, -0.2) is 0 Å². The van der Waals surface area contributed by atoms with Crippen molar-refractivity contribution in [1.82, 2.24) is 4.90 Å². The topological polar surface area (TPSA) is 21.7 Å². The zero-order valence-electron chi connectivity index (χ0n) is 12.8. The van der Waals surface area contributed by atoms with Gasteiger partial charge in [-0.1, -0.05) is 44.2 Å². The highest BCUT2D eigenvalue weighted by Gasteiger charge is 2.06. The van der Waals surface area contributed by atoms with Gasteiger partial charge in [0, 0.05) is 6.54 Å². The Hall–Kier alpha value is -2.00. The normalized spacial score (nSPS) is 10.6. The molecule has 0 radical (unpaired) electrons. The van der Waals surface area contributed by atoms with E-state index in [1.54, 1.807) is 0 Å². The highest BCUT2D eigenvalue weighted by atomic mass is 16.5. The molecule has 2 aromatic rings. The fraction of sp³-hybridized carbons (Fsp3) is 0.333. The lowest BCUT2D eigenvalue weighted by atomic mass is 10.3. The molecular formula is C18H23NO2. The molecule has 0 saturated carbocycles. The number of likely N-dealkylation sites (N-methyl/N-ethyl adjacent to an activating group) is 1. The van der Waals surface area contributed by atoms with Crippen molar-refractivity contribution in [3.8, 4) is 17.2 Å². The highest BCUT2D eigenvalue weighted by molar-refractivity contribution is 5.42. The standard InChI is InChI=1S/C18H23NO2/c1-3-19(4-2)14-15-20-17-12-8-9-13-18(17)21-16-10-6-5-7-11-16/h5-13H,3-4,14-15H2,1-2H3. The molecule has 0 aromatic heterocycles. The fourth-order valence-electron chi connectivity index (χ4n) is 2.09. The summed E-state index contributed by atoms with van der Waals surface area (Å²) in [5.74, 6) is 2.36. The van der Waals surface area contributed by atoms with Gasteiger partial charge in [0.1, 0.15) is 12.4 Å². The summed E-state index contributed by atoms with van der Waals surface area (Å²) in [5, 5.41) is 0. The number of para-hydroxylation sites is 3. The van der Waals surface area contributed by atoms with Crippen molar-refractivity contribution in [3.63, 3.8) is 0 Å². The maximum Gasteiger partial charge on any atom is 0.169 e. The first kappa shape index (κ1) is 15.4. The third kappa shape index (κ3) is 4.80. The first-order valence-corrected chi connectivity index (χ1v) is 7.50. The molecule has 0 amide bonds. The van der Waals surface area contributed by atoms with Crippen LogP contribution in [0.2, 0.25) is 0 Å². The fourth-order valence-corrected chi connectivity index (χ4v) is 2.09. The van der Waals surface area contributed by atoms with Crippen LogP contribution in [0.25, 0.3) is 0 Å². The lowest BCUT2D eigenvalue weighted by Crippen LogP contribution is -2.27. The van der Waals surface area contributed by atoms with Crippen LogP contribution in [0.1, 0.15) is 13.8 Å². The largest absolute Gasteiger partial charge is 0.488 e. The minimum Gasteiger partial charge on any atom is -0.488 e. The minimum atomic E-state index is 0.664. The number of benzene rings is 2. The van der Waals surface area contributed by atoms with Crippen LogP contribution in [-0.2, 0) is 0 Å². The molecule has 0 bridgehead atoms. The van der Waals surface area contributed by atoms with Gasteiger partial charge < -0.3 is 14.4 Å². The van der Waals surface area contributed by atoms with E-state index in [1.807, 2.05) is 54.6 Å². The molecule has 0 aliphatic rings. The Labute approximate surface area is 127 Å². The van der Waals surface area contributed by atoms with Gasteiger partial charge in [-0.15, -0.1) is 0 Å². The number of hydrogen-bond acceptors (Lipinski definition) is 3. The van der Waals surface area contributed by atoms with Crippen LogP contribution in [0.15, 0.2) is 54.6 Å². The van der Waals surface area contributed by atoms with E-state index in [2.05, 4.69) is 18.7 Å². The number of nitrogens with zero attached hydrogens (tertiary/aromatic N) is 1. The first-order valence-electron chi connectivity index (χ1n) is 7.50. The predicted octanol–water partition coefficient (Wildman–Crippen LogP) is 4.20. The SMILES string of the molecule is CCN(CC)CCOc1ccccc1Oc1ccccc1. The Morgan fingerprint density at radius 1 is 0.810 bits per heavy atom. The van der Waals surface area contributed by atoms with Crippen LogP contribution in [0.3, 0.4) is 0 Å². The second kappa shape index (κ2) is 8.32. The van der Waals surface area contributed by atoms with Crippen LogP contribution in [0.4, 0.5) is 0 Å². The molecule has 2 rings (SSSR count). The predicted molar refractivity (Wildman–Crippen MR) is 86.2 cm³/mol. The summed E-state index contributed by atoms with van der Waals surface area (Å²) in [5.41, 5.74) is 0. The van der Waals surface area contributed by atoms with E-state index < -0.39 is 0 Å². The molecule has 0 spiro atoms. The number of ether oxygens (including phenoxy) is 2. The van der Waals surface area contributed by atoms with Crippen molar-refractivity contribution >= 4 is 0 Å². The smallest absolute Gasteiger partial charge is 0.169 e. The van der Waals surface area contributed by atoms with Gasteiger partial charge in [0.2, 0.25) is 0 Å². The molecule has 0 fully saturated rings. The van der Waals surface area contributed by atoms with Crippen molar-refractivity contribution < 1.29 is 9.47 Å². The Morgan fingerprint density at radius 2 is 1.43 bits per heavy atom. The van der Waals surface area contributed by atoms with Gasteiger partial charge in [0.05, 0.1) is 0 Å². The monoisotopic (exact) mass is 285 g/mol. The van der Waals surface area contributed by atoms with E-state index in [-0.39, 0.29) is 0 Å². The molecule has 0 aliphatic heterocycles. The summed E-state index contributed by atoms with van der Waals surface area (Å²) in [6.07, 6.45) is 0. The second-order valence-corrected chi connectivity index (χ2v) is 4.74. The molecule has 0 heterocycles. The lowest BCUT2D eigenvalue weighted by Gasteiger charge is -2.19. The molecular weight excluding hydrogens is 262 g/mol. The summed E-state index contributed by atoms with van der Waals surface area (Å²) in [7, 11) is 0. The van der Waals surface area contributed by atoms with E-state index in [9.17, 15) is 0 Å². The lowest BCUT2D eigenvalue weighted by molar-refractivity contribution is 0.218. The van der Waals surface area contributed by atoms with Crippen LogP contribution < -0.4 is 9.47 Å². The van der Waals surface area contributed by atoms with Crippen molar-refractivity contribution in [2.45, 2.75) is 13.8 Å². The van der Waals surface area contributed by atoms with Gasteiger partial charge in [-0.3, -0.25) is 0 Å². The zero-order chi connectivity index (χ0) is 14.9. The van der Waals surface area contributed by atoms with Gasteiger partial charge in [0.15, 0.2) is 11.5 Å². The van der Waals surface area contributed by atoms with E-state index in [4.69, 9.17) is 9.47 Å². The van der Waals surface area contributed by atoms with Gasteiger partial charge >= 0.3 is 0 Å². The van der Waals surface area contributed by atoms with Crippen LogP contribution in [-0.4, -0.2) is 31.1 Å². The van der Waals surface area contributed by atoms with Crippen molar-refractivity contribution in [3.05, 3.63) is 54.6 Å². The van der Waals surface area contributed by atoms with E-state index in [0.29, 0.717) is 6.61 Å². The summed E-state index contributed by atoms with van der Waals surface area (Å²) in [6.45, 7) is 8.00. The molecule has 0 aliphatic carbocycles. The molecule has 2 aromatic carbocycles. The average Bonchev–Trinajstić information content (AvgIpc) is 2.54. The Bertz CT molecular complexity index is 524. The molecule has 0 atom stereocenters. The second-order valence-electron chi connectivity index (χ2n) is 4.74. The quantitative estimate of drug-likeness (QED) is 0.725. The van der Waals surface area contributed by atoms with E-state index in [1.165, 1.54) is 0 Å². The Balaban J connectivity index is 1.97. The van der Waals surface area contributed by atoms with Crippen LogP contribution in [0, 0.1) is 0 Å². The summed E-state index contributed by atoms with van der Waals surface area (Å²) >= 11 is 0. The van der Waals surface area contributed by atoms with E-state index in [0.717, 1.165) is 36.9 Å². The molecule has 0 N–H and O–H groups in total. The van der Waals surface area contributed by atoms with Crippen LogP contribution in [0.5, 0.6) is 17.2 Å². The Morgan fingerprint density at radius 3 is 2.10 bits per heavy atom. The van der Waals surface area contributed by atoms with Crippen molar-refractivity contribution in [2.75, 3.05) is 26.2 Å². The van der Waals surface area contributed by atoms with Gasteiger partial charge in [0.25, 0.3) is 0 Å². The molecule has 112 valence electrons. The zero-order valence-corrected chi connectivity index (χ0v) is 12.8. The number of hydrogen-bond donors (Lipinski definition) is 0. The van der Waals surface area contributed by atoms with Gasteiger partial charge in [-0.2, -0.15) is 0 Å². The van der Waals surface area contributed by atoms with Crippen molar-refractivity contribution in [1.29, 1.82) is 0 Å². The molecule has 21 heavy (non-hydrogen) atoms. The van der Waals surface area contributed by atoms with Crippen molar-refractivity contribution in [2.24, 2.45) is 0 Å². The van der Waals surface area contributed by atoms with Crippen LogP contribution >= 0.6 is 0 Å². The summed E-state index contributed by atoms with van der Waals surface area (Å²) in [6, 6.07) is 17.6. The molecule has 3 heteroatoms. The summed E-state index contributed by atoms with van der Waals surface area (Å²) < 4.78 is 11.8. The average molecular weight is 285 g/mol. The maximum absolute atomic E-state index is 5.88. The Kier molecular flexibility index (Phi) is 6.10.